The van der Waals surface area contributed by atoms with Crippen molar-refractivity contribution < 1.29 is 18.3 Å². The molecule has 0 spiro atoms. The molecule has 3 aliphatic rings. The summed E-state index contributed by atoms with van der Waals surface area (Å²) in [5.41, 5.74) is 2.70. The molecule has 5 rings (SSSR count). The van der Waals surface area contributed by atoms with Crippen LogP contribution in [-0.4, -0.2) is 47.8 Å². The van der Waals surface area contributed by atoms with Crippen molar-refractivity contribution in [3.63, 3.8) is 0 Å². The van der Waals surface area contributed by atoms with Gasteiger partial charge in [-0.2, -0.15) is 0 Å². The minimum atomic E-state index is -3.61. The van der Waals surface area contributed by atoms with Gasteiger partial charge in [0, 0.05) is 55.5 Å². The molecule has 1 aromatic heterocycles. The van der Waals surface area contributed by atoms with E-state index in [1.807, 2.05) is 29.6 Å². The molecule has 1 saturated heterocycles. The maximum Gasteiger partial charge on any atom is 0.586 e. The molecule has 1 aromatic carbocycles. The van der Waals surface area contributed by atoms with E-state index >= 15 is 0 Å². The normalized spacial score (nSPS) is 24.2. The number of hydrogen-bond donors (Lipinski definition) is 0. The van der Waals surface area contributed by atoms with Crippen LogP contribution < -0.4 is 15.0 Å². The number of para-hydroxylation sites is 1. The molecular weight excluding hydrogens is 392 g/mol. The van der Waals surface area contributed by atoms with E-state index in [0.717, 1.165) is 30.8 Å². The molecule has 8 heteroatoms. The highest BCUT2D eigenvalue weighted by atomic mass is 19.3. The van der Waals surface area contributed by atoms with Crippen molar-refractivity contribution in [2.45, 2.75) is 38.3 Å². The van der Waals surface area contributed by atoms with Crippen molar-refractivity contribution >= 4 is 0 Å². The van der Waals surface area contributed by atoms with Crippen molar-refractivity contribution in [3.8, 4) is 11.5 Å². The van der Waals surface area contributed by atoms with Crippen LogP contribution in [0.1, 0.15) is 29.2 Å². The summed E-state index contributed by atoms with van der Waals surface area (Å²) in [5.74, 6) is 0.830. The number of benzene rings is 1. The second-order valence-electron chi connectivity index (χ2n) is 8.84. The standard InChI is InChI=1S/C22H25F2N3O3/c1-25(2)11-16-6-7-18-17-8-14(10-27(18)21(16)28)9-26(13-17)12-15-4-3-5-19-20(15)30-22(23,24)29-19/h3-7,14,17H,8-13H2,1-2H3/t14-,17+/m0/s1. The predicted octanol–water partition coefficient (Wildman–Crippen LogP) is 2.85. The molecule has 30 heavy (non-hydrogen) atoms. The summed E-state index contributed by atoms with van der Waals surface area (Å²) in [7, 11) is 3.92. The second kappa shape index (κ2) is 7.06. The van der Waals surface area contributed by atoms with Crippen LogP contribution in [-0.2, 0) is 19.6 Å². The second-order valence-corrected chi connectivity index (χ2v) is 8.84. The maximum absolute atomic E-state index is 13.5. The predicted molar refractivity (Wildman–Crippen MR) is 107 cm³/mol. The number of ether oxygens (including phenoxy) is 2. The van der Waals surface area contributed by atoms with Gasteiger partial charge < -0.3 is 18.9 Å². The van der Waals surface area contributed by atoms with Crippen LogP contribution in [0, 0.1) is 5.92 Å². The van der Waals surface area contributed by atoms with Crippen molar-refractivity contribution in [2.75, 3.05) is 27.2 Å². The monoisotopic (exact) mass is 417 g/mol. The lowest BCUT2D eigenvalue weighted by molar-refractivity contribution is -0.287. The van der Waals surface area contributed by atoms with Gasteiger partial charge in [0.2, 0.25) is 0 Å². The Labute approximate surface area is 173 Å². The van der Waals surface area contributed by atoms with Gasteiger partial charge in [-0.3, -0.25) is 9.69 Å². The number of fused-ring (bicyclic) bond motifs is 5. The van der Waals surface area contributed by atoms with Crippen LogP contribution in [0.15, 0.2) is 35.1 Å². The van der Waals surface area contributed by atoms with E-state index in [-0.39, 0.29) is 23.0 Å². The number of aromatic nitrogens is 1. The van der Waals surface area contributed by atoms with Gasteiger partial charge >= 0.3 is 6.29 Å². The number of pyridine rings is 1. The third kappa shape index (κ3) is 3.48. The van der Waals surface area contributed by atoms with Crippen molar-refractivity contribution in [1.82, 2.24) is 14.4 Å². The van der Waals surface area contributed by atoms with Crippen LogP contribution in [0.25, 0.3) is 0 Å². The summed E-state index contributed by atoms with van der Waals surface area (Å²) in [6.07, 6.45) is -2.56. The number of rotatable bonds is 4. The minimum Gasteiger partial charge on any atom is -0.395 e. The van der Waals surface area contributed by atoms with Gasteiger partial charge in [-0.15, -0.1) is 8.78 Å². The molecule has 160 valence electrons. The molecule has 0 amide bonds. The summed E-state index contributed by atoms with van der Waals surface area (Å²) in [6, 6.07) is 9.05. The Hall–Kier alpha value is -2.45. The Morgan fingerprint density at radius 2 is 1.93 bits per heavy atom. The molecule has 2 bridgehead atoms. The van der Waals surface area contributed by atoms with Gasteiger partial charge in [0.05, 0.1) is 0 Å². The molecular formula is C22H25F2N3O3. The molecule has 0 unspecified atom stereocenters. The molecule has 2 atom stereocenters. The summed E-state index contributed by atoms with van der Waals surface area (Å²) >= 11 is 0. The molecule has 6 nitrogen and oxygen atoms in total. The fraction of sp³-hybridized carbons (Fsp3) is 0.500. The first-order valence-electron chi connectivity index (χ1n) is 10.3. The summed E-state index contributed by atoms with van der Waals surface area (Å²) < 4.78 is 38.3. The number of likely N-dealkylation sites (tertiary alicyclic amines) is 1. The highest BCUT2D eigenvalue weighted by Crippen LogP contribution is 2.44. The van der Waals surface area contributed by atoms with Crippen LogP contribution in [0.5, 0.6) is 11.5 Å². The SMILES string of the molecule is CN(C)Cc1ccc2n(c1=O)C[C@H]1C[C@@H]2CN(Cc2cccc3c2OC(F)(F)O3)C1. The number of piperidine rings is 1. The van der Waals surface area contributed by atoms with Crippen LogP contribution in [0.4, 0.5) is 8.78 Å². The van der Waals surface area contributed by atoms with Gasteiger partial charge in [-0.05, 0) is 38.6 Å². The number of nitrogens with zero attached hydrogens (tertiary/aromatic N) is 3. The van der Waals surface area contributed by atoms with Crippen LogP contribution in [0.2, 0.25) is 0 Å². The quantitative estimate of drug-likeness (QED) is 0.766. The maximum atomic E-state index is 13.5. The zero-order valence-electron chi connectivity index (χ0n) is 17.1. The zero-order valence-corrected chi connectivity index (χ0v) is 17.1. The first kappa shape index (κ1) is 19.5. The topological polar surface area (TPSA) is 46.9 Å². The molecule has 0 saturated carbocycles. The molecule has 1 fully saturated rings. The van der Waals surface area contributed by atoms with Crippen molar-refractivity contribution in [1.29, 1.82) is 0 Å². The fourth-order valence-electron chi connectivity index (χ4n) is 5.07. The summed E-state index contributed by atoms with van der Waals surface area (Å²) in [4.78, 5) is 17.2. The smallest absolute Gasteiger partial charge is 0.395 e. The van der Waals surface area contributed by atoms with Crippen LogP contribution >= 0.6 is 0 Å². The van der Waals surface area contributed by atoms with Crippen LogP contribution in [0.3, 0.4) is 0 Å². The van der Waals surface area contributed by atoms with Gasteiger partial charge in [-0.1, -0.05) is 18.2 Å². The van der Waals surface area contributed by atoms with Gasteiger partial charge in [-0.25, -0.2) is 0 Å². The van der Waals surface area contributed by atoms with Gasteiger partial charge in [0.1, 0.15) is 0 Å². The van der Waals surface area contributed by atoms with E-state index < -0.39 is 6.29 Å². The van der Waals surface area contributed by atoms with E-state index in [2.05, 4.69) is 15.7 Å². The van der Waals surface area contributed by atoms with E-state index in [4.69, 9.17) is 4.74 Å². The molecule has 0 aliphatic carbocycles. The first-order chi connectivity index (χ1) is 14.3. The number of hydrogen-bond acceptors (Lipinski definition) is 5. The number of halogens is 2. The van der Waals surface area contributed by atoms with E-state index in [9.17, 15) is 13.6 Å². The summed E-state index contributed by atoms with van der Waals surface area (Å²) in [5, 5.41) is 0. The average molecular weight is 417 g/mol. The Balaban J connectivity index is 1.37. The lowest BCUT2D eigenvalue weighted by atomic mass is 9.82. The average Bonchev–Trinajstić information content (AvgIpc) is 2.99. The van der Waals surface area contributed by atoms with Crippen molar-refractivity contribution in [2.24, 2.45) is 5.92 Å². The Morgan fingerprint density at radius 3 is 2.73 bits per heavy atom. The Morgan fingerprint density at radius 1 is 1.10 bits per heavy atom. The van der Waals surface area contributed by atoms with E-state index in [1.165, 1.54) is 6.07 Å². The Kier molecular flexibility index (Phi) is 4.59. The third-order valence-corrected chi connectivity index (χ3v) is 6.15. The summed E-state index contributed by atoms with van der Waals surface area (Å²) in [6.45, 7) is 3.45. The molecule has 2 aromatic rings. The number of alkyl halides is 2. The highest BCUT2D eigenvalue weighted by Gasteiger charge is 2.45. The molecule has 0 N–H and O–H groups in total. The molecule has 3 aliphatic heterocycles. The molecule has 4 heterocycles. The zero-order chi connectivity index (χ0) is 21.0. The minimum absolute atomic E-state index is 0.0834. The lowest BCUT2D eigenvalue weighted by Gasteiger charge is -2.43. The largest absolute Gasteiger partial charge is 0.586 e. The third-order valence-electron chi connectivity index (χ3n) is 6.15. The fourth-order valence-corrected chi connectivity index (χ4v) is 5.07. The van der Waals surface area contributed by atoms with E-state index in [0.29, 0.717) is 31.1 Å². The Bertz CT molecular complexity index is 1040. The lowest BCUT2D eigenvalue weighted by Crippen LogP contribution is -2.47. The highest BCUT2D eigenvalue weighted by molar-refractivity contribution is 5.48. The van der Waals surface area contributed by atoms with Gasteiger partial charge in [0.15, 0.2) is 11.5 Å². The van der Waals surface area contributed by atoms with E-state index in [1.54, 1.807) is 12.1 Å². The first-order valence-corrected chi connectivity index (χ1v) is 10.3. The van der Waals surface area contributed by atoms with Crippen molar-refractivity contribution in [3.05, 3.63) is 57.5 Å². The molecule has 0 radical (unpaired) electrons. The van der Waals surface area contributed by atoms with Gasteiger partial charge in [0.25, 0.3) is 5.56 Å².